The molecule has 82 valence electrons. The van der Waals surface area contributed by atoms with E-state index in [2.05, 4.69) is 31.0 Å². The predicted octanol–water partition coefficient (Wildman–Crippen LogP) is 3.30. The fourth-order valence-electron chi connectivity index (χ4n) is 1.58. The van der Waals surface area contributed by atoms with E-state index in [0.717, 1.165) is 24.1 Å². The Bertz CT molecular complexity index is 342. The minimum absolute atomic E-state index is 0.479. The molecule has 0 unspecified atom stereocenters. The summed E-state index contributed by atoms with van der Waals surface area (Å²) in [5.41, 5.74) is 2.26. The fraction of sp³-hybridized carbons (Fsp3) is 0.615. The highest BCUT2D eigenvalue weighted by atomic mass is 16.5. The summed E-state index contributed by atoms with van der Waals surface area (Å²) in [5, 5.41) is 0. The Morgan fingerprint density at radius 1 is 1.40 bits per heavy atom. The molecule has 2 rings (SSSR count). The van der Waals surface area contributed by atoms with Crippen molar-refractivity contribution in [3.8, 4) is 5.88 Å². The van der Waals surface area contributed by atoms with Crippen LogP contribution in [-0.2, 0) is 0 Å². The van der Waals surface area contributed by atoms with Gasteiger partial charge in [-0.15, -0.1) is 0 Å². The second-order valence-corrected chi connectivity index (χ2v) is 4.76. The molecule has 0 aliphatic heterocycles. The van der Waals surface area contributed by atoms with Gasteiger partial charge in [0.25, 0.3) is 0 Å². The second kappa shape index (κ2) is 4.21. The molecule has 1 aromatic rings. The maximum Gasteiger partial charge on any atom is 0.217 e. The smallest absolute Gasteiger partial charge is 0.217 e. The number of aryl methyl sites for hydroxylation is 1. The van der Waals surface area contributed by atoms with Crippen molar-refractivity contribution in [1.29, 1.82) is 0 Å². The van der Waals surface area contributed by atoms with Crippen molar-refractivity contribution in [2.75, 3.05) is 6.61 Å². The van der Waals surface area contributed by atoms with Crippen LogP contribution in [0.3, 0.4) is 0 Å². The van der Waals surface area contributed by atoms with Crippen molar-refractivity contribution in [3.63, 3.8) is 0 Å². The van der Waals surface area contributed by atoms with Crippen molar-refractivity contribution in [2.45, 2.75) is 39.5 Å². The van der Waals surface area contributed by atoms with Gasteiger partial charge in [0, 0.05) is 11.3 Å². The molecule has 0 spiro atoms. The summed E-state index contributed by atoms with van der Waals surface area (Å²) in [6.07, 6.45) is 2.64. The highest BCUT2D eigenvalue weighted by Crippen LogP contribution is 2.31. The molecule has 0 aromatic carbocycles. The van der Waals surface area contributed by atoms with Gasteiger partial charge in [-0.2, -0.15) is 0 Å². The summed E-state index contributed by atoms with van der Waals surface area (Å²) in [6.45, 7) is 7.21. The Hall–Kier alpha value is -1.05. The molecule has 1 heterocycles. The minimum atomic E-state index is 0.479. The van der Waals surface area contributed by atoms with Crippen LogP contribution in [0.5, 0.6) is 5.88 Å². The largest absolute Gasteiger partial charge is 0.477 e. The van der Waals surface area contributed by atoms with E-state index in [1.54, 1.807) is 0 Å². The van der Waals surface area contributed by atoms with Crippen LogP contribution in [0.4, 0.5) is 0 Å². The van der Waals surface area contributed by atoms with Gasteiger partial charge in [-0.3, -0.25) is 0 Å². The van der Waals surface area contributed by atoms with Crippen LogP contribution in [0.2, 0.25) is 0 Å². The van der Waals surface area contributed by atoms with Gasteiger partial charge in [-0.05, 0) is 37.7 Å². The van der Waals surface area contributed by atoms with Crippen LogP contribution >= 0.6 is 0 Å². The monoisotopic (exact) mass is 205 g/mol. The Balaban J connectivity index is 2.13. The van der Waals surface area contributed by atoms with Crippen molar-refractivity contribution in [2.24, 2.45) is 5.92 Å². The third-order valence-corrected chi connectivity index (χ3v) is 2.80. The Morgan fingerprint density at radius 3 is 2.73 bits per heavy atom. The van der Waals surface area contributed by atoms with E-state index in [9.17, 15) is 0 Å². The molecule has 2 heteroatoms. The third kappa shape index (κ3) is 2.71. The first-order valence-electron chi connectivity index (χ1n) is 5.77. The highest BCUT2D eigenvalue weighted by molar-refractivity contribution is 5.30. The average molecular weight is 205 g/mol. The number of aromatic nitrogens is 1. The van der Waals surface area contributed by atoms with Crippen LogP contribution in [0.1, 0.15) is 43.9 Å². The molecule has 0 amide bonds. The van der Waals surface area contributed by atoms with Gasteiger partial charge in [-0.1, -0.05) is 19.9 Å². The van der Waals surface area contributed by atoms with Crippen molar-refractivity contribution < 1.29 is 4.74 Å². The number of ether oxygens (including phenoxy) is 1. The van der Waals surface area contributed by atoms with Crippen LogP contribution in [-0.4, -0.2) is 11.6 Å². The molecule has 1 aliphatic carbocycles. The molecule has 0 radical (unpaired) electrons. The van der Waals surface area contributed by atoms with Crippen molar-refractivity contribution in [1.82, 2.24) is 4.98 Å². The zero-order chi connectivity index (χ0) is 10.8. The van der Waals surface area contributed by atoms with Crippen molar-refractivity contribution in [3.05, 3.63) is 23.4 Å². The summed E-state index contributed by atoms with van der Waals surface area (Å²) in [4.78, 5) is 4.47. The number of rotatable bonds is 4. The first-order chi connectivity index (χ1) is 7.16. The Kier molecular flexibility index (Phi) is 2.94. The SMILES string of the molecule is Cc1ccc(C(C)C)c(OCC2CC2)n1. The maximum atomic E-state index is 5.79. The quantitative estimate of drug-likeness (QED) is 0.752. The number of pyridine rings is 1. The van der Waals surface area contributed by atoms with Gasteiger partial charge < -0.3 is 4.74 Å². The van der Waals surface area contributed by atoms with E-state index in [-0.39, 0.29) is 0 Å². The highest BCUT2D eigenvalue weighted by Gasteiger charge is 2.23. The molecular weight excluding hydrogens is 186 g/mol. The van der Waals surface area contributed by atoms with Gasteiger partial charge in [0.2, 0.25) is 5.88 Å². The lowest BCUT2D eigenvalue weighted by atomic mass is 10.0. The molecule has 1 saturated carbocycles. The lowest BCUT2D eigenvalue weighted by molar-refractivity contribution is 0.283. The van der Waals surface area contributed by atoms with Crippen LogP contribution in [0, 0.1) is 12.8 Å². The average Bonchev–Trinajstić information content (AvgIpc) is 2.97. The van der Waals surface area contributed by atoms with E-state index in [4.69, 9.17) is 4.74 Å². The van der Waals surface area contributed by atoms with E-state index in [1.165, 1.54) is 18.4 Å². The zero-order valence-electron chi connectivity index (χ0n) is 9.79. The molecule has 1 aliphatic rings. The molecule has 2 nitrogen and oxygen atoms in total. The molecule has 0 atom stereocenters. The first-order valence-corrected chi connectivity index (χ1v) is 5.77. The van der Waals surface area contributed by atoms with Crippen LogP contribution < -0.4 is 4.74 Å². The molecule has 1 fully saturated rings. The standard InChI is InChI=1S/C13H19NO/c1-9(2)12-7-4-10(3)14-13(12)15-8-11-5-6-11/h4,7,9,11H,5-6,8H2,1-3H3. The lowest BCUT2D eigenvalue weighted by Crippen LogP contribution is -2.05. The molecule has 1 aromatic heterocycles. The molecule has 0 bridgehead atoms. The lowest BCUT2D eigenvalue weighted by Gasteiger charge is -2.13. The summed E-state index contributed by atoms with van der Waals surface area (Å²) in [7, 11) is 0. The first kappa shape index (κ1) is 10.5. The van der Waals surface area contributed by atoms with E-state index in [0.29, 0.717) is 5.92 Å². The van der Waals surface area contributed by atoms with Gasteiger partial charge in [-0.25, -0.2) is 4.98 Å². The summed E-state index contributed by atoms with van der Waals surface area (Å²) >= 11 is 0. The minimum Gasteiger partial charge on any atom is -0.477 e. The van der Waals surface area contributed by atoms with Crippen LogP contribution in [0.25, 0.3) is 0 Å². The van der Waals surface area contributed by atoms with Gasteiger partial charge >= 0.3 is 0 Å². The molecular formula is C13H19NO. The second-order valence-electron chi connectivity index (χ2n) is 4.76. The van der Waals surface area contributed by atoms with E-state index >= 15 is 0 Å². The third-order valence-electron chi connectivity index (χ3n) is 2.80. The fourth-order valence-corrected chi connectivity index (χ4v) is 1.58. The van der Waals surface area contributed by atoms with Crippen LogP contribution in [0.15, 0.2) is 12.1 Å². The summed E-state index contributed by atoms with van der Waals surface area (Å²) < 4.78 is 5.79. The molecule has 0 N–H and O–H groups in total. The van der Waals surface area contributed by atoms with Crippen molar-refractivity contribution >= 4 is 0 Å². The zero-order valence-corrected chi connectivity index (χ0v) is 9.79. The Labute approximate surface area is 91.7 Å². The molecule has 15 heavy (non-hydrogen) atoms. The number of nitrogens with zero attached hydrogens (tertiary/aromatic N) is 1. The normalized spacial score (nSPS) is 15.7. The summed E-state index contributed by atoms with van der Waals surface area (Å²) in [6, 6.07) is 4.19. The molecule has 0 saturated heterocycles. The van der Waals surface area contributed by atoms with Gasteiger partial charge in [0.15, 0.2) is 0 Å². The number of hydrogen-bond acceptors (Lipinski definition) is 2. The van der Waals surface area contributed by atoms with E-state index in [1.807, 2.05) is 6.92 Å². The number of hydrogen-bond donors (Lipinski definition) is 0. The topological polar surface area (TPSA) is 22.1 Å². The summed E-state index contributed by atoms with van der Waals surface area (Å²) in [5.74, 6) is 2.11. The Morgan fingerprint density at radius 2 is 2.13 bits per heavy atom. The van der Waals surface area contributed by atoms with Gasteiger partial charge in [0.05, 0.1) is 6.61 Å². The maximum absolute atomic E-state index is 5.79. The van der Waals surface area contributed by atoms with Gasteiger partial charge in [0.1, 0.15) is 0 Å². The predicted molar refractivity (Wildman–Crippen MR) is 61.3 cm³/mol. The van der Waals surface area contributed by atoms with E-state index < -0.39 is 0 Å².